The number of aliphatic hydroxyl groups is 1. The predicted octanol–water partition coefficient (Wildman–Crippen LogP) is 4.62. The lowest BCUT2D eigenvalue weighted by atomic mass is 9.89. The fourth-order valence-electron chi connectivity index (χ4n) is 5.16. The number of carbonyl (C=O) groups is 2. The number of benzene rings is 1. The Balaban J connectivity index is 1.37. The summed E-state index contributed by atoms with van der Waals surface area (Å²) in [5.41, 5.74) is 2.51. The van der Waals surface area contributed by atoms with E-state index < -0.39 is 5.97 Å². The molecule has 0 atom stereocenters. The highest BCUT2D eigenvalue weighted by Crippen LogP contribution is 2.29. The molecule has 1 saturated carbocycles. The van der Waals surface area contributed by atoms with Crippen LogP contribution in [0, 0.1) is 12.8 Å². The van der Waals surface area contributed by atoms with Gasteiger partial charge in [0.15, 0.2) is 5.13 Å². The van der Waals surface area contributed by atoms with E-state index in [-0.39, 0.29) is 16.9 Å². The van der Waals surface area contributed by atoms with Gasteiger partial charge in [-0.2, -0.15) is 4.98 Å². The first kappa shape index (κ1) is 27.0. The molecule has 1 aliphatic heterocycles. The van der Waals surface area contributed by atoms with Crippen LogP contribution in [0.4, 0.5) is 16.9 Å². The Hall–Kier alpha value is -3.57. The molecule has 2 aliphatic rings. The van der Waals surface area contributed by atoms with Crippen LogP contribution in [0.25, 0.3) is 11.3 Å². The molecule has 2 fully saturated rings. The lowest BCUT2D eigenvalue weighted by Gasteiger charge is -2.30. The van der Waals surface area contributed by atoms with Gasteiger partial charge < -0.3 is 20.4 Å². The van der Waals surface area contributed by atoms with Crippen molar-refractivity contribution in [3.63, 3.8) is 0 Å². The fourth-order valence-corrected chi connectivity index (χ4v) is 5.96. The Labute approximate surface area is 231 Å². The number of amides is 1. The molecular weight excluding hydrogens is 516 g/mol. The first-order valence-corrected chi connectivity index (χ1v) is 14.4. The number of carbonyl (C=O) groups excluding carboxylic acids is 1. The van der Waals surface area contributed by atoms with E-state index in [1.807, 2.05) is 18.2 Å². The number of piperidine rings is 1. The molecule has 39 heavy (non-hydrogen) atoms. The number of nitrogens with zero attached hydrogens (tertiary/aromatic N) is 4. The second-order valence-electron chi connectivity index (χ2n) is 10.3. The van der Waals surface area contributed by atoms with E-state index in [2.05, 4.69) is 30.5 Å². The lowest BCUT2D eigenvalue weighted by molar-refractivity contribution is 0.0700. The van der Waals surface area contributed by atoms with Crippen molar-refractivity contribution in [1.82, 2.24) is 20.3 Å². The standard InChI is InChI=1S/C28H34N6O4S/c1-17-24(26(37)38)39-28(30-17)33-27-31-22(15-23(32-27)34-13-11-21(35)12-14-34)19-7-9-20(10-8-19)25(36)29-16-18-5-3-2-4-6-18/h7-10,15,18,21,35H,2-6,11-14,16H2,1H3,(H,29,36)(H,37,38)(H,30,31,32,33). The van der Waals surface area contributed by atoms with Crippen molar-refractivity contribution < 1.29 is 19.8 Å². The Morgan fingerprint density at radius 3 is 2.41 bits per heavy atom. The second kappa shape index (κ2) is 12.1. The number of carboxylic acid groups (broad SMARTS) is 1. The normalized spacial score (nSPS) is 16.7. The Kier molecular flexibility index (Phi) is 8.37. The van der Waals surface area contributed by atoms with Gasteiger partial charge in [0.25, 0.3) is 5.91 Å². The molecule has 0 spiro atoms. The minimum atomic E-state index is -1.02. The molecule has 10 nitrogen and oxygen atoms in total. The average Bonchev–Trinajstić information content (AvgIpc) is 3.32. The molecule has 1 amide bonds. The van der Waals surface area contributed by atoms with Gasteiger partial charge in [-0.25, -0.2) is 14.8 Å². The van der Waals surface area contributed by atoms with Gasteiger partial charge in [-0.1, -0.05) is 42.7 Å². The SMILES string of the molecule is Cc1nc(Nc2nc(-c3ccc(C(=O)NCC4CCCCC4)cc3)cc(N3CCC(O)CC3)n2)sc1C(=O)O. The molecule has 4 N–H and O–H groups in total. The molecular formula is C28H34N6O4S. The largest absolute Gasteiger partial charge is 0.477 e. The van der Waals surface area contributed by atoms with Crippen LogP contribution in [0.2, 0.25) is 0 Å². The minimum Gasteiger partial charge on any atom is -0.477 e. The highest BCUT2D eigenvalue weighted by molar-refractivity contribution is 7.17. The number of nitrogens with one attached hydrogen (secondary N) is 2. The summed E-state index contributed by atoms with van der Waals surface area (Å²) >= 11 is 1.03. The maximum Gasteiger partial charge on any atom is 0.347 e. The zero-order valence-corrected chi connectivity index (χ0v) is 22.8. The zero-order valence-electron chi connectivity index (χ0n) is 22.0. The first-order valence-electron chi connectivity index (χ1n) is 13.5. The number of aromatic nitrogens is 3. The molecule has 206 valence electrons. The summed E-state index contributed by atoms with van der Waals surface area (Å²) in [5.74, 6) is 0.474. The van der Waals surface area contributed by atoms with Crippen LogP contribution in [0.15, 0.2) is 30.3 Å². The Morgan fingerprint density at radius 2 is 1.74 bits per heavy atom. The van der Waals surface area contributed by atoms with Crippen LogP contribution < -0.4 is 15.5 Å². The number of aromatic carboxylic acids is 1. The molecule has 1 aliphatic carbocycles. The van der Waals surface area contributed by atoms with Crippen LogP contribution in [0.5, 0.6) is 0 Å². The molecule has 3 aromatic rings. The topological polar surface area (TPSA) is 141 Å². The number of carboxylic acids is 1. The minimum absolute atomic E-state index is 0.0712. The van der Waals surface area contributed by atoms with Gasteiger partial charge in [0.1, 0.15) is 10.7 Å². The van der Waals surface area contributed by atoms with E-state index in [4.69, 9.17) is 0 Å². The van der Waals surface area contributed by atoms with Gasteiger partial charge in [-0.05, 0) is 50.7 Å². The van der Waals surface area contributed by atoms with Gasteiger partial charge >= 0.3 is 5.97 Å². The third kappa shape index (κ3) is 6.72. The maximum atomic E-state index is 12.7. The van der Waals surface area contributed by atoms with Crippen molar-refractivity contribution in [3.05, 3.63) is 46.5 Å². The van der Waals surface area contributed by atoms with Crippen molar-refractivity contribution in [2.24, 2.45) is 5.92 Å². The van der Waals surface area contributed by atoms with Gasteiger partial charge in [-0.15, -0.1) is 0 Å². The first-order chi connectivity index (χ1) is 18.9. The van der Waals surface area contributed by atoms with Crippen LogP contribution in [-0.2, 0) is 0 Å². The van der Waals surface area contributed by atoms with E-state index in [0.717, 1.165) is 23.4 Å². The molecule has 1 saturated heterocycles. The van der Waals surface area contributed by atoms with Gasteiger partial charge in [-0.3, -0.25) is 10.1 Å². The van der Waals surface area contributed by atoms with Gasteiger partial charge in [0.2, 0.25) is 5.95 Å². The smallest absolute Gasteiger partial charge is 0.347 e. The average molecular weight is 551 g/mol. The van der Waals surface area contributed by atoms with Gasteiger partial charge in [0, 0.05) is 36.8 Å². The number of rotatable bonds is 8. The maximum absolute atomic E-state index is 12.7. The highest BCUT2D eigenvalue weighted by Gasteiger charge is 2.21. The molecule has 5 rings (SSSR count). The molecule has 0 radical (unpaired) electrons. The number of hydrogen-bond donors (Lipinski definition) is 4. The van der Waals surface area contributed by atoms with Crippen LogP contribution in [0.3, 0.4) is 0 Å². The van der Waals surface area contributed by atoms with Crippen LogP contribution in [-0.4, -0.2) is 62.8 Å². The monoisotopic (exact) mass is 550 g/mol. The summed E-state index contributed by atoms with van der Waals surface area (Å²) in [6, 6.07) is 9.27. The quantitative estimate of drug-likeness (QED) is 0.316. The number of anilines is 3. The predicted molar refractivity (Wildman–Crippen MR) is 151 cm³/mol. The summed E-state index contributed by atoms with van der Waals surface area (Å²) in [6.45, 7) is 3.70. The highest BCUT2D eigenvalue weighted by atomic mass is 32.1. The second-order valence-corrected chi connectivity index (χ2v) is 11.3. The van der Waals surface area contributed by atoms with E-state index in [1.54, 1.807) is 19.1 Å². The third-order valence-corrected chi connectivity index (χ3v) is 8.49. The van der Waals surface area contributed by atoms with E-state index >= 15 is 0 Å². The molecule has 1 aromatic carbocycles. The number of aliphatic hydroxyl groups excluding tert-OH is 1. The van der Waals surface area contributed by atoms with Crippen molar-refractivity contribution in [3.8, 4) is 11.3 Å². The molecule has 0 unspecified atom stereocenters. The van der Waals surface area contributed by atoms with Crippen molar-refractivity contribution in [2.45, 2.75) is 58.0 Å². The summed E-state index contributed by atoms with van der Waals surface area (Å²) in [6.07, 6.45) is 7.13. The zero-order chi connectivity index (χ0) is 27.4. The van der Waals surface area contributed by atoms with Crippen molar-refractivity contribution >= 4 is 40.1 Å². The van der Waals surface area contributed by atoms with E-state index in [9.17, 15) is 19.8 Å². The third-order valence-electron chi connectivity index (χ3n) is 7.43. The van der Waals surface area contributed by atoms with E-state index in [0.29, 0.717) is 65.7 Å². The summed E-state index contributed by atoms with van der Waals surface area (Å²) < 4.78 is 0. The van der Waals surface area contributed by atoms with Crippen LogP contribution >= 0.6 is 11.3 Å². The number of thiazole rings is 1. The van der Waals surface area contributed by atoms with Crippen molar-refractivity contribution in [1.29, 1.82) is 0 Å². The summed E-state index contributed by atoms with van der Waals surface area (Å²) in [7, 11) is 0. The molecule has 0 bridgehead atoms. The molecule has 11 heteroatoms. The Bertz CT molecular complexity index is 1310. The summed E-state index contributed by atoms with van der Waals surface area (Å²) in [4.78, 5) is 40.2. The van der Waals surface area contributed by atoms with E-state index in [1.165, 1.54) is 32.1 Å². The Morgan fingerprint density at radius 1 is 1.03 bits per heavy atom. The lowest BCUT2D eigenvalue weighted by Crippen LogP contribution is -2.36. The fraction of sp³-hybridized carbons (Fsp3) is 0.464. The number of hydrogen-bond acceptors (Lipinski definition) is 9. The summed E-state index contributed by atoms with van der Waals surface area (Å²) in [5, 5.41) is 25.9. The van der Waals surface area contributed by atoms with Crippen molar-refractivity contribution in [2.75, 3.05) is 29.9 Å². The molecule has 3 heterocycles. The van der Waals surface area contributed by atoms with Gasteiger partial charge in [0.05, 0.1) is 17.5 Å². The van der Waals surface area contributed by atoms with Crippen LogP contribution in [0.1, 0.15) is 70.7 Å². The molecule has 2 aromatic heterocycles. The number of aryl methyl sites for hydroxylation is 1.